The Hall–Kier alpha value is -3.14. The second kappa shape index (κ2) is 11.3. The summed E-state index contributed by atoms with van der Waals surface area (Å²) in [5, 5.41) is 9.86. The molecule has 5 rings (SSSR count). The SMILES string of the molecule is CCOc1ccc(C(C)=O)cc1CSc1nnc(CSc2nc3ccccc3s2)n1-c1ccccc1. The van der Waals surface area contributed by atoms with Crippen LogP contribution in [0.3, 0.4) is 0 Å². The number of rotatable bonds is 10. The molecule has 3 aromatic carbocycles. The zero-order chi connectivity index (χ0) is 24.9. The maximum atomic E-state index is 11.9. The molecule has 5 aromatic rings. The Morgan fingerprint density at radius 3 is 2.56 bits per heavy atom. The van der Waals surface area contributed by atoms with Gasteiger partial charge in [0.15, 0.2) is 15.3 Å². The number of hydrogen-bond donors (Lipinski definition) is 0. The van der Waals surface area contributed by atoms with Crippen molar-refractivity contribution >= 4 is 50.9 Å². The average Bonchev–Trinajstić information content (AvgIpc) is 3.51. The number of thiazole rings is 1. The van der Waals surface area contributed by atoms with Crippen molar-refractivity contribution in [1.29, 1.82) is 0 Å². The van der Waals surface area contributed by atoms with Gasteiger partial charge in [-0.3, -0.25) is 9.36 Å². The third-order valence-corrected chi connectivity index (χ3v) is 8.59. The fourth-order valence-electron chi connectivity index (χ4n) is 3.71. The number of ether oxygens (including phenoxy) is 1. The van der Waals surface area contributed by atoms with Gasteiger partial charge >= 0.3 is 0 Å². The summed E-state index contributed by atoms with van der Waals surface area (Å²) in [5.74, 6) is 2.92. The summed E-state index contributed by atoms with van der Waals surface area (Å²) in [6.45, 7) is 4.09. The molecule has 0 bridgehead atoms. The molecule has 0 saturated heterocycles. The summed E-state index contributed by atoms with van der Waals surface area (Å²) in [7, 11) is 0. The summed E-state index contributed by atoms with van der Waals surface area (Å²) in [5.41, 5.74) is 3.66. The van der Waals surface area contributed by atoms with Crippen LogP contribution in [0, 0.1) is 0 Å². The number of para-hydroxylation sites is 2. The molecule has 2 aromatic heterocycles. The van der Waals surface area contributed by atoms with Gasteiger partial charge in [0.25, 0.3) is 0 Å². The fourth-order valence-corrected chi connectivity index (χ4v) is 6.64. The lowest BCUT2D eigenvalue weighted by Gasteiger charge is -2.12. The zero-order valence-corrected chi connectivity index (χ0v) is 22.3. The highest BCUT2D eigenvalue weighted by Crippen LogP contribution is 2.34. The van der Waals surface area contributed by atoms with Gasteiger partial charge in [-0.05, 0) is 56.3 Å². The Bertz CT molecular complexity index is 1460. The average molecular weight is 533 g/mol. The van der Waals surface area contributed by atoms with Gasteiger partial charge in [-0.2, -0.15) is 0 Å². The number of hydrogen-bond acceptors (Lipinski definition) is 8. The molecule has 6 nitrogen and oxygen atoms in total. The van der Waals surface area contributed by atoms with Crippen molar-refractivity contribution in [1.82, 2.24) is 19.7 Å². The topological polar surface area (TPSA) is 69.9 Å². The Morgan fingerprint density at radius 2 is 1.78 bits per heavy atom. The van der Waals surface area contributed by atoms with E-state index in [1.165, 1.54) is 4.70 Å². The van der Waals surface area contributed by atoms with E-state index >= 15 is 0 Å². The minimum atomic E-state index is 0.0332. The normalized spacial score (nSPS) is 11.2. The van der Waals surface area contributed by atoms with E-state index in [9.17, 15) is 4.79 Å². The van der Waals surface area contributed by atoms with Crippen LogP contribution in [0.5, 0.6) is 5.75 Å². The molecule has 182 valence electrons. The Labute approximate surface area is 222 Å². The molecule has 2 heterocycles. The highest BCUT2D eigenvalue weighted by molar-refractivity contribution is 8.00. The number of nitrogens with zero attached hydrogens (tertiary/aromatic N) is 4. The molecule has 0 aliphatic carbocycles. The van der Waals surface area contributed by atoms with Crippen LogP contribution in [0.15, 0.2) is 82.3 Å². The molecule has 36 heavy (non-hydrogen) atoms. The van der Waals surface area contributed by atoms with Crippen molar-refractivity contribution in [2.24, 2.45) is 0 Å². The van der Waals surface area contributed by atoms with E-state index in [4.69, 9.17) is 9.72 Å². The Kier molecular flexibility index (Phi) is 7.69. The van der Waals surface area contributed by atoms with Crippen molar-refractivity contribution in [2.45, 2.75) is 34.8 Å². The molecule has 0 atom stereocenters. The number of carbonyl (C=O) groups is 1. The van der Waals surface area contributed by atoms with E-state index in [1.54, 1.807) is 41.8 Å². The predicted octanol–water partition coefficient (Wildman–Crippen LogP) is 7.06. The maximum Gasteiger partial charge on any atom is 0.196 e. The largest absolute Gasteiger partial charge is 0.494 e. The second-order valence-electron chi connectivity index (χ2n) is 7.91. The fraction of sp³-hybridized carbons (Fsp3) is 0.185. The lowest BCUT2D eigenvalue weighted by Crippen LogP contribution is -2.03. The third kappa shape index (κ3) is 5.48. The van der Waals surface area contributed by atoms with Gasteiger partial charge in [0.05, 0.1) is 22.6 Å². The third-order valence-electron chi connectivity index (χ3n) is 5.44. The highest BCUT2D eigenvalue weighted by atomic mass is 32.2. The monoisotopic (exact) mass is 532 g/mol. The standard InChI is InChI=1S/C27H24N4O2S3/c1-3-33-23-14-13-19(18(2)32)15-20(23)16-34-26-30-29-25(31(26)21-9-5-4-6-10-21)17-35-27-28-22-11-7-8-12-24(22)36-27/h4-15H,3,16-17H2,1-2H3. The predicted molar refractivity (Wildman–Crippen MR) is 148 cm³/mol. The molecule has 9 heteroatoms. The van der Waals surface area contributed by atoms with Gasteiger partial charge in [-0.15, -0.1) is 21.5 Å². The molecule has 0 N–H and O–H groups in total. The van der Waals surface area contributed by atoms with Crippen molar-refractivity contribution in [3.05, 3.63) is 89.7 Å². The molecule has 0 spiro atoms. The first-order valence-electron chi connectivity index (χ1n) is 11.5. The van der Waals surface area contributed by atoms with E-state index in [1.807, 2.05) is 61.5 Å². The number of ketones is 1. The van der Waals surface area contributed by atoms with Gasteiger partial charge in [0.1, 0.15) is 11.6 Å². The molecular weight excluding hydrogens is 509 g/mol. The smallest absolute Gasteiger partial charge is 0.196 e. The molecule has 0 radical (unpaired) electrons. The first-order chi connectivity index (χ1) is 17.6. The first-order valence-corrected chi connectivity index (χ1v) is 14.3. The number of benzene rings is 3. The van der Waals surface area contributed by atoms with Crippen molar-refractivity contribution in [3.63, 3.8) is 0 Å². The summed E-state index contributed by atoms with van der Waals surface area (Å²) < 4.78 is 10.1. The Morgan fingerprint density at radius 1 is 0.972 bits per heavy atom. The van der Waals surface area contributed by atoms with E-state index in [2.05, 4.69) is 33.0 Å². The maximum absolute atomic E-state index is 11.9. The van der Waals surface area contributed by atoms with E-state index < -0.39 is 0 Å². The first kappa shape index (κ1) is 24.5. The van der Waals surface area contributed by atoms with Crippen LogP contribution in [-0.4, -0.2) is 32.1 Å². The van der Waals surface area contributed by atoms with Crippen molar-refractivity contribution < 1.29 is 9.53 Å². The Balaban J connectivity index is 1.41. The van der Waals surface area contributed by atoms with Gasteiger partial charge in [-0.1, -0.05) is 53.9 Å². The zero-order valence-electron chi connectivity index (χ0n) is 19.9. The van der Waals surface area contributed by atoms with Crippen LogP contribution in [-0.2, 0) is 11.5 Å². The van der Waals surface area contributed by atoms with E-state index in [0.717, 1.165) is 37.8 Å². The van der Waals surface area contributed by atoms with E-state index in [-0.39, 0.29) is 5.78 Å². The van der Waals surface area contributed by atoms with Gasteiger partial charge < -0.3 is 4.74 Å². The van der Waals surface area contributed by atoms with Crippen molar-refractivity contribution in [3.8, 4) is 11.4 Å². The molecule has 0 fully saturated rings. The highest BCUT2D eigenvalue weighted by Gasteiger charge is 2.17. The molecule has 0 amide bonds. The molecule has 0 aliphatic heterocycles. The summed E-state index contributed by atoms with van der Waals surface area (Å²) in [4.78, 5) is 16.7. The van der Waals surface area contributed by atoms with Crippen LogP contribution in [0.2, 0.25) is 0 Å². The van der Waals surface area contributed by atoms with E-state index in [0.29, 0.717) is 23.7 Å². The summed E-state index contributed by atoms with van der Waals surface area (Å²) in [6, 6.07) is 23.9. The van der Waals surface area contributed by atoms with Crippen LogP contribution in [0.4, 0.5) is 0 Å². The lowest BCUT2D eigenvalue weighted by molar-refractivity contribution is 0.101. The quantitative estimate of drug-likeness (QED) is 0.141. The van der Waals surface area contributed by atoms with Gasteiger partial charge in [0.2, 0.25) is 0 Å². The molecule has 0 aliphatic rings. The second-order valence-corrected chi connectivity index (χ2v) is 11.1. The van der Waals surface area contributed by atoms with Gasteiger partial charge in [-0.25, -0.2) is 4.98 Å². The summed E-state index contributed by atoms with van der Waals surface area (Å²) >= 11 is 4.94. The van der Waals surface area contributed by atoms with Crippen LogP contribution < -0.4 is 4.74 Å². The number of aromatic nitrogens is 4. The lowest BCUT2D eigenvalue weighted by atomic mass is 10.1. The number of carbonyl (C=O) groups excluding carboxylic acids is 1. The molecule has 0 saturated carbocycles. The number of thioether (sulfide) groups is 2. The molecular formula is C27H24N4O2S3. The van der Waals surface area contributed by atoms with Crippen LogP contribution in [0.1, 0.15) is 35.6 Å². The summed E-state index contributed by atoms with van der Waals surface area (Å²) in [6.07, 6.45) is 0. The van der Waals surface area contributed by atoms with Crippen LogP contribution >= 0.6 is 34.9 Å². The number of fused-ring (bicyclic) bond motifs is 1. The minimum absolute atomic E-state index is 0.0332. The van der Waals surface area contributed by atoms with Crippen molar-refractivity contribution in [2.75, 3.05) is 6.61 Å². The minimum Gasteiger partial charge on any atom is -0.494 e. The van der Waals surface area contributed by atoms with Gasteiger partial charge in [0, 0.05) is 22.6 Å². The molecule has 0 unspecified atom stereocenters. The van der Waals surface area contributed by atoms with Crippen LogP contribution in [0.25, 0.3) is 15.9 Å². The number of Topliss-reactive ketones (excluding diaryl/α,β-unsaturated/α-hetero) is 1.